The average Bonchev–Trinajstić information content (AvgIpc) is 3.11. The minimum absolute atomic E-state index is 0.846. The van der Waals surface area contributed by atoms with E-state index in [1.807, 2.05) is 24.3 Å². The van der Waals surface area contributed by atoms with Crippen molar-refractivity contribution in [3.05, 3.63) is 156 Å². The van der Waals surface area contributed by atoms with E-state index in [-0.39, 0.29) is 0 Å². The van der Waals surface area contributed by atoms with E-state index in [4.69, 9.17) is 9.97 Å². The van der Waals surface area contributed by atoms with Crippen molar-refractivity contribution in [3.63, 3.8) is 0 Å². The fourth-order valence-corrected chi connectivity index (χ4v) is 7.42. The van der Waals surface area contributed by atoms with Gasteiger partial charge in [0.1, 0.15) is 0 Å². The van der Waals surface area contributed by atoms with Gasteiger partial charge in [0.2, 0.25) is 0 Å². The van der Waals surface area contributed by atoms with Crippen LogP contribution in [0.3, 0.4) is 0 Å². The van der Waals surface area contributed by atoms with Gasteiger partial charge in [0.05, 0.1) is 22.4 Å². The number of hydrogen-bond acceptors (Lipinski definition) is 2. The summed E-state index contributed by atoms with van der Waals surface area (Å²) in [5.74, 6) is 0. The lowest BCUT2D eigenvalue weighted by Crippen LogP contribution is -1.94. The Morgan fingerprint density at radius 3 is 1.11 bits per heavy atom. The van der Waals surface area contributed by atoms with Gasteiger partial charge in [-0.3, -0.25) is 0 Å². The number of hydrogen-bond donors (Lipinski definition) is 0. The molecule has 0 spiro atoms. The molecule has 212 valence electrons. The highest BCUT2D eigenvalue weighted by atomic mass is 14.8. The van der Waals surface area contributed by atoms with Crippen LogP contribution >= 0.6 is 0 Å². The van der Waals surface area contributed by atoms with E-state index in [0.29, 0.717) is 0 Å². The van der Waals surface area contributed by atoms with Gasteiger partial charge in [-0.25, -0.2) is 9.97 Å². The number of rotatable bonds is 4. The average molecular weight is 583 g/mol. The molecule has 0 amide bonds. The second-order valence-corrected chi connectivity index (χ2v) is 12.2. The van der Waals surface area contributed by atoms with Crippen molar-refractivity contribution in [1.82, 2.24) is 9.97 Å². The molecule has 0 saturated carbocycles. The molecule has 1 aromatic heterocycles. The van der Waals surface area contributed by atoms with Crippen LogP contribution in [0.15, 0.2) is 133 Å². The van der Waals surface area contributed by atoms with E-state index in [9.17, 15) is 0 Å². The zero-order valence-electron chi connectivity index (χ0n) is 24.9. The van der Waals surface area contributed by atoms with Gasteiger partial charge < -0.3 is 0 Å². The maximum Gasteiger partial charge on any atom is 0.0894 e. The highest BCUT2D eigenvalue weighted by Gasteiger charge is 2.12. The van der Waals surface area contributed by atoms with Crippen molar-refractivity contribution in [2.75, 3.05) is 0 Å². The zero-order chi connectivity index (χ0) is 30.2. The van der Waals surface area contributed by atoms with E-state index in [1.165, 1.54) is 75.8 Å². The summed E-state index contributed by atoms with van der Waals surface area (Å²) >= 11 is 0. The predicted octanol–water partition coefficient (Wildman–Crippen LogP) is 11.8. The summed E-state index contributed by atoms with van der Waals surface area (Å²) in [4.78, 5) is 10.2. The third kappa shape index (κ3) is 3.77. The van der Waals surface area contributed by atoms with Gasteiger partial charge in [-0.2, -0.15) is 0 Å². The molecule has 1 heterocycles. The van der Waals surface area contributed by atoms with E-state index in [0.717, 1.165) is 22.4 Å². The molecule has 0 aliphatic carbocycles. The van der Waals surface area contributed by atoms with Crippen molar-refractivity contribution < 1.29 is 0 Å². The summed E-state index contributed by atoms with van der Waals surface area (Å²) in [6, 6.07) is 48.0. The minimum atomic E-state index is 0.846. The highest BCUT2D eigenvalue weighted by molar-refractivity contribution is 6.25. The summed E-state index contributed by atoms with van der Waals surface area (Å²) in [6.45, 7) is 0. The second kappa shape index (κ2) is 9.69. The van der Waals surface area contributed by atoms with Crippen LogP contribution in [-0.2, 0) is 0 Å². The van der Waals surface area contributed by atoms with E-state index < -0.39 is 0 Å². The van der Waals surface area contributed by atoms with Crippen LogP contribution < -0.4 is 0 Å². The van der Waals surface area contributed by atoms with Crippen LogP contribution in [0, 0.1) is 0 Å². The largest absolute Gasteiger partial charge is 0.245 e. The number of nitrogens with zero attached hydrogens (tertiary/aromatic N) is 2. The fourth-order valence-electron chi connectivity index (χ4n) is 7.42. The second-order valence-electron chi connectivity index (χ2n) is 12.2. The van der Waals surface area contributed by atoms with Gasteiger partial charge in [-0.05, 0) is 100 Å². The number of benzene rings is 9. The van der Waals surface area contributed by atoms with Crippen LogP contribution in [-0.4, -0.2) is 9.97 Å². The van der Waals surface area contributed by atoms with E-state index in [2.05, 4.69) is 133 Å². The topological polar surface area (TPSA) is 25.8 Å². The molecule has 46 heavy (non-hydrogen) atoms. The van der Waals surface area contributed by atoms with Crippen molar-refractivity contribution in [2.45, 2.75) is 0 Å². The number of aromatic nitrogens is 2. The Balaban J connectivity index is 1.12. The molecule has 0 bridgehead atoms. The van der Waals surface area contributed by atoms with Crippen LogP contribution in [0.2, 0.25) is 0 Å². The van der Waals surface area contributed by atoms with Gasteiger partial charge in [0.15, 0.2) is 0 Å². The molecule has 0 fully saturated rings. The van der Waals surface area contributed by atoms with Crippen LogP contribution in [0.25, 0.3) is 100.0 Å². The highest BCUT2D eigenvalue weighted by Crippen LogP contribution is 2.38. The third-order valence-electron chi connectivity index (χ3n) is 9.59. The molecular weight excluding hydrogens is 556 g/mol. The van der Waals surface area contributed by atoms with Crippen molar-refractivity contribution in [2.24, 2.45) is 0 Å². The maximum atomic E-state index is 5.09. The quantitative estimate of drug-likeness (QED) is 0.193. The Hall–Kier alpha value is -6.12. The van der Waals surface area contributed by atoms with Gasteiger partial charge >= 0.3 is 0 Å². The van der Waals surface area contributed by atoms with Gasteiger partial charge in [-0.1, -0.05) is 133 Å². The molecule has 0 N–H and O–H groups in total. The molecule has 0 radical (unpaired) electrons. The van der Waals surface area contributed by atoms with Crippen LogP contribution in [0.4, 0.5) is 0 Å². The summed E-state index contributed by atoms with van der Waals surface area (Å²) in [6.07, 6.45) is 8.63. The Morgan fingerprint density at radius 1 is 0.304 bits per heavy atom. The normalized spacial score (nSPS) is 12.6. The Bertz CT molecular complexity index is 2630. The molecule has 2 heteroatoms. The fraction of sp³-hybridized carbons (Fsp3) is 0. The lowest BCUT2D eigenvalue weighted by atomic mass is 9.91. The van der Waals surface area contributed by atoms with Crippen molar-refractivity contribution in [1.29, 1.82) is 0 Å². The Kier molecular flexibility index (Phi) is 5.31. The molecule has 0 aliphatic heterocycles. The minimum Gasteiger partial charge on any atom is -0.245 e. The molecule has 0 atom stereocenters. The molecule has 0 unspecified atom stereocenters. The molecular formula is C44H26N2. The first-order valence-corrected chi connectivity index (χ1v) is 15.7. The molecule has 9 aromatic carbocycles. The predicted molar refractivity (Wildman–Crippen MR) is 198 cm³/mol. The first-order valence-electron chi connectivity index (χ1n) is 15.7. The van der Waals surface area contributed by atoms with Gasteiger partial charge in [-0.15, -0.1) is 0 Å². The molecule has 2 nitrogen and oxygen atoms in total. The standard InChI is InChI=1S/C44H26N2/c1-2-10-38-37(9-1)45-39(25-21-27-11-13-33-17-15-29-5-3-7-31-19-23-35(27)43(33)41(29)31)40(46-38)26-22-28-12-14-34-18-16-30-6-4-8-32-20-24-36(28)44(34)42(30)32/h1-26H. The van der Waals surface area contributed by atoms with Gasteiger partial charge in [0, 0.05) is 0 Å². The summed E-state index contributed by atoms with van der Waals surface area (Å²) in [5, 5.41) is 15.4. The van der Waals surface area contributed by atoms with Crippen LogP contribution in [0.1, 0.15) is 22.5 Å². The monoisotopic (exact) mass is 582 g/mol. The van der Waals surface area contributed by atoms with Crippen molar-refractivity contribution >= 4 is 100.0 Å². The first-order chi connectivity index (χ1) is 22.8. The van der Waals surface area contributed by atoms with Crippen LogP contribution in [0.5, 0.6) is 0 Å². The Labute approximate surface area is 265 Å². The first kappa shape index (κ1) is 25.2. The van der Waals surface area contributed by atoms with Gasteiger partial charge in [0.25, 0.3) is 0 Å². The molecule has 0 aliphatic rings. The molecule has 0 saturated heterocycles. The molecule has 10 aromatic rings. The van der Waals surface area contributed by atoms with Crippen molar-refractivity contribution in [3.8, 4) is 0 Å². The summed E-state index contributed by atoms with van der Waals surface area (Å²) < 4.78 is 0. The third-order valence-corrected chi connectivity index (χ3v) is 9.59. The number of fused-ring (bicyclic) bond motifs is 1. The van der Waals surface area contributed by atoms with E-state index >= 15 is 0 Å². The zero-order valence-corrected chi connectivity index (χ0v) is 24.9. The maximum absolute atomic E-state index is 5.09. The Morgan fingerprint density at radius 2 is 0.674 bits per heavy atom. The van der Waals surface area contributed by atoms with E-state index in [1.54, 1.807) is 0 Å². The SMILES string of the molecule is C(=Cc1ccc2ccc3cccc4ccc1c2c34)c1nc2ccccc2nc1C=Cc1ccc2ccc3cccc4ccc1c2c34. The lowest BCUT2D eigenvalue weighted by molar-refractivity contribution is 1.24. The molecule has 10 rings (SSSR count). The summed E-state index contributed by atoms with van der Waals surface area (Å²) in [7, 11) is 0. The lowest BCUT2D eigenvalue weighted by Gasteiger charge is -2.12. The number of para-hydroxylation sites is 2. The summed E-state index contributed by atoms with van der Waals surface area (Å²) in [5.41, 5.74) is 5.80. The smallest absolute Gasteiger partial charge is 0.0894 e.